The van der Waals surface area contributed by atoms with Crippen LogP contribution in [0.2, 0.25) is 0 Å². The van der Waals surface area contributed by atoms with Gasteiger partial charge in [-0.1, -0.05) is 0 Å². The van der Waals surface area contributed by atoms with Crippen molar-refractivity contribution in [2.45, 2.75) is 18.9 Å². The number of nitrogens with zero attached hydrogens (tertiary/aromatic N) is 2. The Morgan fingerprint density at radius 3 is 2.61 bits per heavy atom. The third-order valence-electron chi connectivity index (χ3n) is 4.24. The van der Waals surface area contributed by atoms with Gasteiger partial charge in [-0.05, 0) is 72.6 Å². The van der Waals surface area contributed by atoms with E-state index in [1.54, 1.807) is 35.6 Å². The van der Waals surface area contributed by atoms with E-state index < -0.39 is 0 Å². The zero-order valence-corrected chi connectivity index (χ0v) is 13.7. The molecule has 118 valence electrons. The zero-order chi connectivity index (χ0) is 16.1. The molecule has 1 aliphatic heterocycles. The van der Waals surface area contributed by atoms with Gasteiger partial charge in [-0.3, -0.25) is 9.69 Å². The highest BCUT2D eigenvalue weighted by molar-refractivity contribution is 7.07. The molecule has 4 nitrogen and oxygen atoms in total. The molecule has 0 spiro atoms. The summed E-state index contributed by atoms with van der Waals surface area (Å²) in [4.78, 5) is 14.8. The van der Waals surface area contributed by atoms with E-state index in [4.69, 9.17) is 5.26 Å². The summed E-state index contributed by atoms with van der Waals surface area (Å²) < 4.78 is 0. The summed E-state index contributed by atoms with van der Waals surface area (Å²) in [7, 11) is 0. The highest BCUT2D eigenvalue weighted by Crippen LogP contribution is 2.26. The van der Waals surface area contributed by atoms with Gasteiger partial charge in [0.1, 0.15) is 0 Å². The smallest absolute Gasteiger partial charge is 0.251 e. The van der Waals surface area contributed by atoms with Crippen molar-refractivity contribution in [3.63, 3.8) is 0 Å². The van der Waals surface area contributed by atoms with Crippen LogP contribution in [-0.2, 0) is 0 Å². The summed E-state index contributed by atoms with van der Waals surface area (Å²) in [6.07, 6.45) is 2.45. The maximum Gasteiger partial charge on any atom is 0.251 e. The first-order valence-corrected chi connectivity index (χ1v) is 8.77. The standard InChI is InChI=1S/C18H19N3OS/c19-11-14-3-5-15(6-4-14)18(22)20-12-17(16-7-10-23-13-16)21-8-1-2-9-21/h3-7,10,13,17H,1-2,8-9,12H2,(H,20,22)/t17-/m1/s1. The van der Waals surface area contributed by atoms with E-state index in [2.05, 4.69) is 33.1 Å². The SMILES string of the molecule is N#Cc1ccc(C(=O)NC[C@H](c2ccsc2)N2CCCC2)cc1. The number of likely N-dealkylation sites (tertiary alicyclic amines) is 1. The Morgan fingerprint density at radius 2 is 2.00 bits per heavy atom. The average molecular weight is 325 g/mol. The van der Waals surface area contributed by atoms with Gasteiger partial charge < -0.3 is 5.32 Å². The number of rotatable bonds is 5. The molecule has 23 heavy (non-hydrogen) atoms. The van der Waals surface area contributed by atoms with Gasteiger partial charge in [0.2, 0.25) is 0 Å². The molecular formula is C18H19N3OS. The van der Waals surface area contributed by atoms with Crippen LogP contribution in [0.25, 0.3) is 0 Å². The van der Waals surface area contributed by atoms with Crippen LogP contribution in [0.3, 0.4) is 0 Å². The topological polar surface area (TPSA) is 56.1 Å². The quantitative estimate of drug-likeness (QED) is 0.918. The van der Waals surface area contributed by atoms with Gasteiger partial charge >= 0.3 is 0 Å². The van der Waals surface area contributed by atoms with Crippen molar-refractivity contribution < 1.29 is 4.79 Å². The average Bonchev–Trinajstić information content (AvgIpc) is 3.29. The lowest BCUT2D eigenvalue weighted by molar-refractivity contribution is 0.0938. The summed E-state index contributed by atoms with van der Waals surface area (Å²) in [6.45, 7) is 2.79. The number of amides is 1. The summed E-state index contributed by atoms with van der Waals surface area (Å²) in [5.41, 5.74) is 2.43. The Balaban J connectivity index is 1.66. The van der Waals surface area contributed by atoms with Gasteiger partial charge in [0.05, 0.1) is 17.7 Å². The Labute approximate surface area is 140 Å². The number of hydrogen-bond donors (Lipinski definition) is 1. The minimum atomic E-state index is -0.0890. The fraction of sp³-hybridized carbons (Fsp3) is 0.333. The van der Waals surface area contributed by atoms with Crippen LogP contribution in [-0.4, -0.2) is 30.4 Å². The van der Waals surface area contributed by atoms with Gasteiger partial charge in [0.15, 0.2) is 0 Å². The van der Waals surface area contributed by atoms with E-state index in [-0.39, 0.29) is 11.9 Å². The van der Waals surface area contributed by atoms with E-state index >= 15 is 0 Å². The Morgan fingerprint density at radius 1 is 1.26 bits per heavy atom. The first kappa shape index (κ1) is 15.7. The zero-order valence-electron chi connectivity index (χ0n) is 12.9. The lowest BCUT2D eigenvalue weighted by Crippen LogP contribution is -2.36. The van der Waals surface area contributed by atoms with Crippen LogP contribution in [0.15, 0.2) is 41.1 Å². The third kappa shape index (κ3) is 3.79. The summed E-state index contributed by atoms with van der Waals surface area (Å²) >= 11 is 1.69. The van der Waals surface area contributed by atoms with Crippen LogP contribution >= 0.6 is 11.3 Å². The van der Waals surface area contributed by atoms with Gasteiger partial charge in [-0.15, -0.1) is 0 Å². The molecule has 0 aliphatic carbocycles. The van der Waals surface area contributed by atoms with Gasteiger partial charge in [0.25, 0.3) is 5.91 Å². The lowest BCUT2D eigenvalue weighted by Gasteiger charge is -2.27. The van der Waals surface area contributed by atoms with Crippen LogP contribution in [0, 0.1) is 11.3 Å². The number of thiophene rings is 1. The van der Waals surface area contributed by atoms with Crippen molar-refractivity contribution in [2.75, 3.05) is 19.6 Å². The van der Waals surface area contributed by atoms with Crippen molar-refractivity contribution in [1.29, 1.82) is 5.26 Å². The van der Waals surface area contributed by atoms with E-state index in [0.717, 1.165) is 13.1 Å². The highest BCUT2D eigenvalue weighted by Gasteiger charge is 2.24. The monoisotopic (exact) mass is 325 g/mol. The molecule has 0 saturated carbocycles. The largest absolute Gasteiger partial charge is 0.350 e. The molecule has 5 heteroatoms. The van der Waals surface area contributed by atoms with E-state index in [1.165, 1.54) is 18.4 Å². The van der Waals surface area contributed by atoms with Gasteiger partial charge in [0, 0.05) is 12.1 Å². The van der Waals surface area contributed by atoms with Crippen molar-refractivity contribution in [1.82, 2.24) is 10.2 Å². The number of benzene rings is 1. The van der Waals surface area contributed by atoms with Crippen LogP contribution < -0.4 is 5.32 Å². The number of carbonyl (C=O) groups is 1. The van der Waals surface area contributed by atoms with Crippen molar-refractivity contribution in [2.24, 2.45) is 0 Å². The highest BCUT2D eigenvalue weighted by atomic mass is 32.1. The van der Waals surface area contributed by atoms with Gasteiger partial charge in [-0.25, -0.2) is 0 Å². The molecule has 1 N–H and O–H groups in total. The maximum atomic E-state index is 12.3. The molecule has 1 aromatic heterocycles. The number of carbonyl (C=O) groups excluding carboxylic acids is 1. The molecule has 0 bridgehead atoms. The number of hydrogen-bond acceptors (Lipinski definition) is 4. The van der Waals surface area contributed by atoms with Crippen LogP contribution in [0.4, 0.5) is 0 Å². The second kappa shape index (κ2) is 7.40. The van der Waals surface area contributed by atoms with Gasteiger partial charge in [-0.2, -0.15) is 16.6 Å². The molecular weight excluding hydrogens is 306 g/mol. The fourth-order valence-corrected chi connectivity index (χ4v) is 3.67. The predicted molar refractivity (Wildman–Crippen MR) is 91.4 cm³/mol. The molecule has 0 radical (unpaired) electrons. The molecule has 2 aromatic rings. The molecule has 2 heterocycles. The van der Waals surface area contributed by atoms with Crippen LogP contribution in [0.5, 0.6) is 0 Å². The summed E-state index contributed by atoms with van der Waals surface area (Å²) in [5.74, 6) is -0.0890. The van der Waals surface area contributed by atoms with E-state index in [0.29, 0.717) is 17.7 Å². The van der Waals surface area contributed by atoms with Crippen molar-refractivity contribution in [3.05, 3.63) is 57.8 Å². The number of nitrogens with one attached hydrogen (secondary N) is 1. The first-order valence-electron chi connectivity index (χ1n) is 7.82. The molecule has 3 rings (SSSR count). The third-order valence-corrected chi connectivity index (χ3v) is 4.94. The molecule has 1 fully saturated rings. The minimum absolute atomic E-state index is 0.0890. The fourth-order valence-electron chi connectivity index (χ4n) is 2.96. The Bertz CT molecular complexity index is 682. The Hall–Kier alpha value is -2.16. The minimum Gasteiger partial charge on any atom is -0.350 e. The van der Waals surface area contributed by atoms with Crippen molar-refractivity contribution in [3.8, 4) is 6.07 Å². The molecule has 1 amide bonds. The van der Waals surface area contributed by atoms with E-state index in [1.807, 2.05) is 0 Å². The summed E-state index contributed by atoms with van der Waals surface area (Å²) in [6, 6.07) is 11.2. The molecule has 1 aromatic carbocycles. The van der Waals surface area contributed by atoms with E-state index in [9.17, 15) is 4.79 Å². The Kier molecular flexibility index (Phi) is 5.06. The summed E-state index contributed by atoms with van der Waals surface area (Å²) in [5, 5.41) is 16.1. The molecule has 1 aliphatic rings. The first-order chi connectivity index (χ1) is 11.3. The van der Waals surface area contributed by atoms with Crippen molar-refractivity contribution >= 4 is 17.2 Å². The van der Waals surface area contributed by atoms with Crippen LogP contribution in [0.1, 0.15) is 40.4 Å². The second-order valence-corrected chi connectivity index (χ2v) is 6.49. The number of nitriles is 1. The molecule has 0 unspecified atom stereocenters. The molecule has 1 atom stereocenters. The second-order valence-electron chi connectivity index (χ2n) is 5.71. The maximum absolute atomic E-state index is 12.3. The molecule has 1 saturated heterocycles. The lowest BCUT2D eigenvalue weighted by atomic mass is 10.1. The predicted octanol–water partition coefficient (Wildman–Crippen LogP) is 3.19. The normalized spacial score (nSPS) is 16.0.